The summed E-state index contributed by atoms with van der Waals surface area (Å²) >= 11 is 7.84. The van der Waals surface area contributed by atoms with Crippen molar-refractivity contribution >= 4 is 52.3 Å². The van der Waals surface area contributed by atoms with Gasteiger partial charge in [-0.05, 0) is 73.7 Å². The number of halogens is 1. The molecule has 0 spiro atoms. The van der Waals surface area contributed by atoms with Crippen LogP contribution >= 0.6 is 22.9 Å². The van der Waals surface area contributed by atoms with Gasteiger partial charge in [-0.3, -0.25) is 24.1 Å². The Labute approximate surface area is 427 Å². The molecule has 2 saturated heterocycles. The van der Waals surface area contributed by atoms with E-state index in [2.05, 4.69) is 64.5 Å². The zero-order valence-corrected chi connectivity index (χ0v) is 44.1. The molecule has 380 valence electrons. The summed E-state index contributed by atoms with van der Waals surface area (Å²) in [5.74, 6) is -0.811. The summed E-state index contributed by atoms with van der Waals surface area (Å²) < 4.78 is 12.4. The molecule has 3 aliphatic rings. The lowest BCUT2D eigenvalue weighted by Gasteiger charge is -2.63. The Bertz CT molecular complexity index is 2580. The summed E-state index contributed by atoms with van der Waals surface area (Å²) in [5, 5.41) is 29.5. The van der Waals surface area contributed by atoms with Crippen LogP contribution in [0.15, 0.2) is 72.2 Å². The summed E-state index contributed by atoms with van der Waals surface area (Å²) in [5.41, 5.74) is 5.24. The number of piperazine rings is 1. The molecule has 1 aromatic heterocycles. The minimum Gasteiger partial charge on any atom is -0.489 e. The van der Waals surface area contributed by atoms with Crippen LogP contribution in [0.3, 0.4) is 0 Å². The van der Waals surface area contributed by atoms with Crippen molar-refractivity contribution in [2.45, 2.75) is 118 Å². The fourth-order valence-corrected chi connectivity index (χ4v) is 11.7. The fourth-order valence-electron chi connectivity index (χ4n) is 10.7. The van der Waals surface area contributed by atoms with Gasteiger partial charge in [-0.2, -0.15) is 5.26 Å². The van der Waals surface area contributed by atoms with E-state index < -0.39 is 35.4 Å². The number of aromatic nitrogens is 1. The number of thiazole rings is 1. The lowest BCUT2D eigenvalue weighted by Crippen LogP contribution is -2.74. The third-order valence-corrected chi connectivity index (χ3v) is 15.7. The zero-order valence-electron chi connectivity index (χ0n) is 42.5. The molecule has 1 saturated carbocycles. The predicted molar refractivity (Wildman–Crippen MR) is 276 cm³/mol. The molecule has 4 amide bonds. The molecule has 1 aliphatic carbocycles. The molecule has 3 fully saturated rings. The van der Waals surface area contributed by atoms with Gasteiger partial charge in [-0.15, -0.1) is 11.3 Å². The highest BCUT2D eigenvalue weighted by Gasteiger charge is 2.64. The number of amides is 4. The molecule has 4 aromatic rings. The van der Waals surface area contributed by atoms with Gasteiger partial charge in [0.15, 0.2) is 0 Å². The Kier molecular flexibility index (Phi) is 16.2. The first-order valence-corrected chi connectivity index (χ1v) is 25.7. The number of anilines is 1. The largest absolute Gasteiger partial charge is 0.489 e. The van der Waals surface area contributed by atoms with Crippen molar-refractivity contribution in [3.05, 3.63) is 99.6 Å². The van der Waals surface area contributed by atoms with Crippen LogP contribution in [0.4, 0.5) is 5.69 Å². The average molecular weight is 1010 g/mol. The number of nitriles is 1. The number of benzene rings is 3. The number of β-amino-alcohol motifs (C(OH)–C–C–N with tert-alkyl or cyclic N) is 1. The Balaban J connectivity index is 0.846. The predicted octanol–water partition coefficient (Wildman–Crippen LogP) is 7.15. The number of ether oxygens (including phenoxy) is 2. The number of hydrogen-bond donors (Lipinski definition) is 4. The number of likely N-dealkylation sites (tertiary alicyclic amines) is 1. The van der Waals surface area contributed by atoms with Crippen LogP contribution in [0.1, 0.15) is 102 Å². The van der Waals surface area contributed by atoms with Crippen LogP contribution < -0.4 is 25.6 Å². The summed E-state index contributed by atoms with van der Waals surface area (Å²) in [6.07, 6.45) is -1.27. The SMILES string of the molecule is Cc1ncsc1-c1ccc(C(C)NC(=O)C2C[C@@H](O)CN2C(=O)[C@@H](NC(=O)COC(C)CN2CCN(c3ccc(C(=O)NC4C(C)(C)C(Oc5ccc(C#N)c(Cl)c5)C4(C)C)cc3)CC2)C(C)(C)C)cc1. The molecule has 3 heterocycles. The molecule has 4 N–H and O–H groups in total. The number of aryl methyl sites for hydroxylation is 1. The first-order valence-electron chi connectivity index (χ1n) is 24.4. The summed E-state index contributed by atoms with van der Waals surface area (Å²) in [7, 11) is 0. The van der Waals surface area contributed by atoms with Crippen LogP contribution in [0.5, 0.6) is 5.75 Å². The molecular weight excluding hydrogens is 940 g/mol. The van der Waals surface area contributed by atoms with Gasteiger partial charge in [0.2, 0.25) is 17.7 Å². The lowest BCUT2D eigenvalue weighted by atomic mass is 9.49. The quantitative estimate of drug-likeness (QED) is 0.0892. The Morgan fingerprint density at radius 1 is 0.958 bits per heavy atom. The number of carbonyl (C=O) groups is 4. The third kappa shape index (κ3) is 12.0. The molecule has 7 rings (SSSR count). The first-order chi connectivity index (χ1) is 33.5. The molecule has 0 bridgehead atoms. The van der Waals surface area contributed by atoms with Gasteiger partial charge in [-0.25, -0.2) is 4.98 Å². The average Bonchev–Trinajstić information content (AvgIpc) is 3.95. The highest BCUT2D eigenvalue weighted by Crippen LogP contribution is 2.55. The number of carbonyl (C=O) groups excluding carboxylic acids is 4. The minimum absolute atomic E-state index is 0.0180. The van der Waals surface area contributed by atoms with E-state index in [1.165, 1.54) is 4.90 Å². The van der Waals surface area contributed by atoms with E-state index in [1.54, 1.807) is 29.5 Å². The number of aliphatic hydroxyl groups is 1. The van der Waals surface area contributed by atoms with E-state index >= 15 is 0 Å². The number of hydrogen-bond acceptors (Lipinski definition) is 12. The summed E-state index contributed by atoms with van der Waals surface area (Å²) in [4.78, 5) is 66.3. The summed E-state index contributed by atoms with van der Waals surface area (Å²) in [6.45, 7) is 23.1. The van der Waals surface area contributed by atoms with Crippen LogP contribution in [0.2, 0.25) is 5.02 Å². The molecular formula is C54H69ClN8O7S. The number of nitrogens with one attached hydrogen (secondary N) is 3. The summed E-state index contributed by atoms with van der Waals surface area (Å²) in [6, 6.07) is 20.4. The molecule has 71 heavy (non-hydrogen) atoms. The van der Waals surface area contributed by atoms with Crippen molar-refractivity contribution in [1.82, 2.24) is 30.7 Å². The molecule has 2 aliphatic heterocycles. The van der Waals surface area contributed by atoms with Crippen LogP contribution in [0, 0.1) is 34.5 Å². The van der Waals surface area contributed by atoms with Crippen molar-refractivity contribution in [2.75, 3.05) is 50.8 Å². The number of rotatable bonds is 16. The highest BCUT2D eigenvalue weighted by molar-refractivity contribution is 7.13. The normalized spacial score (nSPS) is 22.1. The Morgan fingerprint density at radius 2 is 1.62 bits per heavy atom. The first kappa shape index (κ1) is 53.2. The van der Waals surface area contributed by atoms with E-state index in [1.807, 2.05) is 95.6 Å². The maximum absolute atomic E-state index is 14.2. The van der Waals surface area contributed by atoms with Crippen molar-refractivity contribution < 1.29 is 33.8 Å². The molecule has 3 unspecified atom stereocenters. The molecule has 5 atom stereocenters. The molecule has 3 aromatic carbocycles. The van der Waals surface area contributed by atoms with Gasteiger partial charge in [-0.1, -0.05) is 84.3 Å². The van der Waals surface area contributed by atoms with Crippen molar-refractivity contribution in [1.29, 1.82) is 5.26 Å². The number of aliphatic hydroxyl groups excluding tert-OH is 1. The molecule has 17 heteroatoms. The second-order valence-corrected chi connectivity index (χ2v) is 22.9. The van der Waals surface area contributed by atoms with E-state index in [9.17, 15) is 29.5 Å². The van der Waals surface area contributed by atoms with Crippen molar-refractivity contribution in [3.63, 3.8) is 0 Å². The van der Waals surface area contributed by atoms with Gasteiger partial charge < -0.3 is 40.3 Å². The maximum atomic E-state index is 14.2. The van der Waals surface area contributed by atoms with Gasteiger partial charge in [0.05, 0.1) is 44.9 Å². The molecule has 15 nitrogen and oxygen atoms in total. The monoisotopic (exact) mass is 1010 g/mol. The van der Waals surface area contributed by atoms with Crippen LogP contribution in [0.25, 0.3) is 10.4 Å². The van der Waals surface area contributed by atoms with E-state index in [0.717, 1.165) is 53.6 Å². The highest BCUT2D eigenvalue weighted by atomic mass is 35.5. The van der Waals surface area contributed by atoms with Crippen LogP contribution in [-0.2, 0) is 19.1 Å². The van der Waals surface area contributed by atoms with Gasteiger partial charge >= 0.3 is 0 Å². The Hall–Kier alpha value is -5.57. The van der Waals surface area contributed by atoms with Gasteiger partial charge in [0.1, 0.15) is 36.6 Å². The maximum Gasteiger partial charge on any atom is 0.251 e. The van der Waals surface area contributed by atoms with Crippen molar-refractivity contribution in [2.24, 2.45) is 16.2 Å². The van der Waals surface area contributed by atoms with E-state index in [0.29, 0.717) is 28.4 Å². The lowest BCUT2D eigenvalue weighted by molar-refractivity contribution is -0.164. The van der Waals surface area contributed by atoms with E-state index in [4.69, 9.17) is 21.1 Å². The van der Waals surface area contributed by atoms with Crippen molar-refractivity contribution in [3.8, 4) is 22.3 Å². The topological polar surface area (TPSA) is 189 Å². The zero-order chi connectivity index (χ0) is 51.6. The third-order valence-electron chi connectivity index (χ3n) is 14.4. The standard InChI is InChI=1S/C54H69ClN8O7S/c1-32(28-61-21-23-62(24-22-61)39-18-15-37(16-19-39)47(66)60-50-53(7,8)51(54(50,9)10)70-41-20-17-38(27-56)42(55)26-41)69-30-44(65)59-46(52(4,5)6)49(68)63-29-40(64)25-43(63)48(67)58-33(2)35-11-13-36(14-12-35)45-34(3)57-31-71-45/h11-20,26,31-33,40,43,46,50-51,64H,21-25,28-30H2,1-10H3,(H,58,67)(H,59,65)(H,60,66)/t32?,33?,40-,43?,46-,50?,51?/m1/s1. The smallest absolute Gasteiger partial charge is 0.251 e. The fraction of sp³-hybridized carbons (Fsp3) is 0.519. The van der Waals surface area contributed by atoms with Gasteiger partial charge in [0.25, 0.3) is 5.91 Å². The second kappa shape index (κ2) is 21.6. The molecule has 0 radical (unpaired) electrons. The van der Waals surface area contributed by atoms with Crippen LogP contribution in [-0.4, -0.2) is 126 Å². The van der Waals surface area contributed by atoms with Gasteiger partial charge in [0, 0.05) is 79.9 Å². The van der Waals surface area contributed by atoms with E-state index in [-0.39, 0.29) is 66.5 Å². The Morgan fingerprint density at radius 3 is 2.21 bits per heavy atom. The minimum atomic E-state index is -0.969. The second-order valence-electron chi connectivity index (χ2n) is 21.6. The number of nitrogens with zero attached hydrogens (tertiary/aromatic N) is 5.